The molecule has 0 radical (unpaired) electrons. The maximum atomic E-state index is 12.3. The number of benzene rings is 3. The van der Waals surface area contributed by atoms with Gasteiger partial charge >= 0.3 is 0 Å². The van der Waals surface area contributed by atoms with Crippen LogP contribution in [-0.2, 0) is 0 Å². The average molecular weight is 412 g/mol. The first kappa shape index (κ1) is 19.6. The number of halogens is 2. The zero-order valence-electron chi connectivity index (χ0n) is 14.5. The molecule has 0 aliphatic rings. The summed E-state index contributed by atoms with van der Waals surface area (Å²) in [5, 5.41) is 7.66. The van der Waals surface area contributed by atoms with E-state index in [0.717, 1.165) is 0 Å². The molecule has 0 heterocycles. The second-order valence-corrected chi connectivity index (χ2v) is 6.61. The van der Waals surface area contributed by atoms with Gasteiger partial charge in [0.1, 0.15) is 0 Å². The topological polar surface area (TPSA) is 70.6 Å². The van der Waals surface area contributed by atoms with Crippen molar-refractivity contribution < 1.29 is 9.59 Å². The van der Waals surface area contributed by atoms with Crippen LogP contribution in [0.5, 0.6) is 0 Å². The number of nitrogens with one attached hydrogen (secondary N) is 2. The van der Waals surface area contributed by atoms with Gasteiger partial charge in [0.25, 0.3) is 11.8 Å². The molecule has 3 rings (SSSR count). The van der Waals surface area contributed by atoms with Gasteiger partial charge < -0.3 is 5.32 Å². The predicted molar refractivity (Wildman–Crippen MR) is 112 cm³/mol. The summed E-state index contributed by atoms with van der Waals surface area (Å²) in [6.45, 7) is 0. The third-order valence-corrected chi connectivity index (χ3v) is 4.33. The van der Waals surface area contributed by atoms with Crippen molar-refractivity contribution in [1.29, 1.82) is 0 Å². The van der Waals surface area contributed by atoms with Crippen LogP contribution >= 0.6 is 23.2 Å². The zero-order valence-corrected chi connectivity index (χ0v) is 16.0. The molecule has 2 N–H and O–H groups in total. The van der Waals surface area contributed by atoms with Gasteiger partial charge in [-0.2, -0.15) is 5.10 Å². The van der Waals surface area contributed by atoms with Gasteiger partial charge in [0.2, 0.25) is 0 Å². The molecule has 0 atom stereocenters. The van der Waals surface area contributed by atoms with E-state index in [1.807, 2.05) is 0 Å². The van der Waals surface area contributed by atoms with E-state index in [-0.39, 0.29) is 11.8 Å². The van der Waals surface area contributed by atoms with Crippen molar-refractivity contribution in [2.24, 2.45) is 5.10 Å². The highest BCUT2D eigenvalue weighted by atomic mass is 35.5. The first-order valence-corrected chi connectivity index (χ1v) is 9.03. The average Bonchev–Trinajstić information content (AvgIpc) is 2.69. The number of nitrogens with zero attached hydrogens (tertiary/aromatic N) is 1. The highest BCUT2D eigenvalue weighted by molar-refractivity contribution is 6.34. The van der Waals surface area contributed by atoms with Crippen molar-refractivity contribution in [2.75, 3.05) is 5.32 Å². The Balaban J connectivity index is 1.63. The number of anilines is 1. The quantitative estimate of drug-likeness (QED) is 0.457. The molecule has 0 aliphatic heterocycles. The molecule has 0 unspecified atom stereocenters. The van der Waals surface area contributed by atoms with Crippen LogP contribution in [0.25, 0.3) is 0 Å². The lowest BCUT2D eigenvalue weighted by atomic mass is 10.2. The number of hydrogen-bond donors (Lipinski definition) is 2. The van der Waals surface area contributed by atoms with Gasteiger partial charge in [0.15, 0.2) is 0 Å². The van der Waals surface area contributed by atoms with Gasteiger partial charge in [0.05, 0.1) is 16.8 Å². The highest BCUT2D eigenvalue weighted by Gasteiger charge is 2.09. The largest absolute Gasteiger partial charge is 0.322 e. The van der Waals surface area contributed by atoms with Crippen molar-refractivity contribution in [2.45, 2.75) is 0 Å². The Kier molecular flexibility index (Phi) is 6.42. The van der Waals surface area contributed by atoms with Crippen LogP contribution in [0.4, 0.5) is 5.69 Å². The SMILES string of the molecule is O=C(N/N=C\c1cccc(NC(=O)c2ccccc2Cl)c1)c1ccc(Cl)cc1. The van der Waals surface area contributed by atoms with Crippen molar-refractivity contribution in [1.82, 2.24) is 5.43 Å². The molecule has 28 heavy (non-hydrogen) atoms. The van der Waals surface area contributed by atoms with Crippen LogP contribution in [0.1, 0.15) is 26.3 Å². The molecule has 2 amide bonds. The number of hydrazone groups is 1. The van der Waals surface area contributed by atoms with Gasteiger partial charge in [0, 0.05) is 16.3 Å². The molecule has 7 heteroatoms. The van der Waals surface area contributed by atoms with E-state index in [2.05, 4.69) is 15.8 Å². The number of amides is 2. The normalized spacial score (nSPS) is 10.6. The first-order chi connectivity index (χ1) is 13.5. The third-order valence-electron chi connectivity index (χ3n) is 3.75. The van der Waals surface area contributed by atoms with Crippen LogP contribution in [0, 0.1) is 0 Å². The minimum atomic E-state index is -0.351. The fourth-order valence-corrected chi connectivity index (χ4v) is 2.72. The summed E-state index contributed by atoms with van der Waals surface area (Å²) in [5.74, 6) is -0.660. The molecule has 0 fully saturated rings. The summed E-state index contributed by atoms with van der Waals surface area (Å²) in [6, 6.07) is 20.3. The van der Waals surface area contributed by atoms with E-state index in [1.165, 1.54) is 6.21 Å². The van der Waals surface area contributed by atoms with Crippen LogP contribution in [0.15, 0.2) is 77.9 Å². The minimum absolute atomic E-state index is 0.310. The van der Waals surface area contributed by atoms with E-state index < -0.39 is 0 Å². The Morgan fingerprint density at radius 3 is 2.36 bits per heavy atom. The maximum Gasteiger partial charge on any atom is 0.271 e. The molecule has 3 aromatic carbocycles. The lowest BCUT2D eigenvalue weighted by Gasteiger charge is -2.07. The van der Waals surface area contributed by atoms with Gasteiger partial charge in [-0.05, 0) is 54.1 Å². The monoisotopic (exact) mass is 411 g/mol. The second kappa shape index (κ2) is 9.17. The van der Waals surface area contributed by atoms with E-state index >= 15 is 0 Å². The zero-order chi connectivity index (χ0) is 19.9. The molecule has 0 saturated carbocycles. The Hall–Kier alpha value is -3.15. The summed E-state index contributed by atoms with van der Waals surface area (Å²) < 4.78 is 0. The smallest absolute Gasteiger partial charge is 0.271 e. The number of hydrogen-bond acceptors (Lipinski definition) is 3. The van der Waals surface area contributed by atoms with Gasteiger partial charge in [-0.15, -0.1) is 0 Å². The molecule has 5 nitrogen and oxygen atoms in total. The van der Waals surface area contributed by atoms with Crippen molar-refractivity contribution >= 4 is 46.9 Å². The summed E-state index contributed by atoms with van der Waals surface area (Å²) >= 11 is 11.8. The molecule has 3 aromatic rings. The number of carbonyl (C=O) groups is 2. The minimum Gasteiger partial charge on any atom is -0.322 e. The second-order valence-electron chi connectivity index (χ2n) is 5.77. The summed E-state index contributed by atoms with van der Waals surface area (Å²) in [5.41, 5.74) is 4.56. The standard InChI is InChI=1S/C21H15Cl2N3O2/c22-16-10-8-15(9-11-16)20(27)26-24-13-14-4-3-5-17(12-14)25-21(28)18-6-1-2-7-19(18)23/h1-13H,(H,25,28)(H,26,27)/b24-13-. The molecule has 0 aromatic heterocycles. The molecular weight excluding hydrogens is 397 g/mol. The molecule has 0 aliphatic carbocycles. The fourth-order valence-electron chi connectivity index (χ4n) is 2.37. The summed E-state index contributed by atoms with van der Waals surface area (Å²) in [6.07, 6.45) is 1.49. The van der Waals surface area contributed by atoms with Gasteiger partial charge in [-0.25, -0.2) is 5.43 Å². The lowest BCUT2D eigenvalue weighted by Crippen LogP contribution is -2.17. The summed E-state index contributed by atoms with van der Waals surface area (Å²) in [7, 11) is 0. The first-order valence-electron chi connectivity index (χ1n) is 8.28. The molecule has 140 valence electrons. The van der Waals surface area contributed by atoms with E-state index in [0.29, 0.717) is 32.4 Å². The molecule has 0 spiro atoms. The Morgan fingerprint density at radius 1 is 0.857 bits per heavy atom. The van der Waals surface area contributed by atoms with E-state index in [9.17, 15) is 9.59 Å². The van der Waals surface area contributed by atoms with Gasteiger partial charge in [-0.3, -0.25) is 9.59 Å². The fraction of sp³-hybridized carbons (Fsp3) is 0. The van der Waals surface area contributed by atoms with Crippen LogP contribution in [0.2, 0.25) is 10.0 Å². The van der Waals surface area contributed by atoms with Crippen LogP contribution < -0.4 is 10.7 Å². The molecular formula is C21H15Cl2N3O2. The molecule has 0 saturated heterocycles. The Labute approximate surface area is 172 Å². The van der Waals surface area contributed by atoms with E-state index in [4.69, 9.17) is 23.2 Å². The van der Waals surface area contributed by atoms with E-state index in [1.54, 1.807) is 72.8 Å². The third kappa shape index (κ3) is 5.19. The van der Waals surface area contributed by atoms with Crippen LogP contribution in [0.3, 0.4) is 0 Å². The van der Waals surface area contributed by atoms with Gasteiger partial charge in [-0.1, -0.05) is 47.5 Å². The number of carbonyl (C=O) groups excluding carboxylic acids is 2. The summed E-state index contributed by atoms with van der Waals surface area (Å²) in [4.78, 5) is 24.3. The Morgan fingerprint density at radius 2 is 1.61 bits per heavy atom. The number of rotatable bonds is 5. The maximum absolute atomic E-state index is 12.3. The van der Waals surface area contributed by atoms with Crippen molar-refractivity contribution in [3.05, 3.63) is 99.5 Å². The molecule has 0 bridgehead atoms. The van der Waals surface area contributed by atoms with Crippen molar-refractivity contribution in [3.63, 3.8) is 0 Å². The highest BCUT2D eigenvalue weighted by Crippen LogP contribution is 2.17. The lowest BCUT2D eigenvalue weighted by molar-refractivity contribution is 0.0954. The van der Waals surface area contributed by atoms with Crippen LogP contribution in [-0.4, -0.2) is 18.0 Å². The Bertz CT molecular complexity index is 1030. The predicted octanol–water partition coefficient (Wildman–Crippen LogP) is 5.01. The van der Waals surface area contributed by atoms with Crippen molar-refractivity contribution in [3.8, 4) is 0 Å².